The molecule has 106 valence electrons. The molecule has 6 heteroatoms. The molecule has 1 aromatic carbocycles. The third kappa shape index (κ3) is 3.74. The second kappa shape index (κ2) is 6.96. The molecule has 0 fully saturated rings. The second-order valence-electron chi connectivity index (χ2n) is 4.11. The van der Waals surface area contributed by atoms with Crippen LogP contribution < -0.4 is 10.1 Å². The Morgan fingerprint density at radius 3 is 2.95 bits per heavy atom. The van der Waals surface area contributed by atoms with Crippen molar-refractivity contribution in [3.05, 3.63) is 47.2 Å². The van der Waals surface area contributed by atoms with E-state index in [-0.39, 0.29) is 5.91 Å². The Morgan fingerprint density at radius 1 is 1.45 bits per heavy atom. The Balaban J connectivity index is 1.91. The molecule has 0 aliphatic rings. The van der Waals surface area contributed by atoms with Gasteiger partial charge in [0.15, 0.2) is 0 Å². The minimum absolute atomic E-state index is 0.160. The SMILES string of the molecule is CCOc1ccccc1C(=O)NCCn1cc(Cl)cn1. The van der Waals surface area contributed by atoms with Gasteiger partial charge in [0.05, 0.1) is 29.9 Å². The summed E-state index contributed by atoms with van der Waals surface area (Å²) in [6, 6.07) is 7.18. The zero-order valence-electron chi connectivity index (χ0n) is 11.2. The first-order valence-electron chi connectivity index (χ1n) is 6.38. The van der Waals surface area contributed by atoms with Crippen LogP contribution in [0.1, 0.15) is 17.3 Å². The van der Waals surface area contributed by atoms with E-state index >= 15 is 0 Å². The van der Waals surface area contributed by atoms with E-state index < -0.39 is 0 Å². The standard InChI is InChI=1S/C14H16ClN3O2/c1-2-20-13-6-4-3-5-12(13)14(19)16-7-8-18-10-11(15)9-17-18/h3-6,9-10H,2,7-8H2,1H3,(H,16,19). The number of carbonyl (C=O) groups excluding carboxylic acids is 1. The van der Waals surface area contributed by atoms with Gasteiger partial charge in [-0.15, -0.1) is 0 Å². The Bertz CT molecular complexity index is 583. The fraction of sp³-hybridized carbons (Fsp3) is 0.286. The molecule has 0 saturated carbocycles. The van der Waals surface area contributed by atoms with Crippen LogP contribution in [-0.4, -0.2) is 28.8 Å². The number of hydrogen-bond donors (Lipinski definition) is 1. The van der Waals surface area contributed by atoms with Crippen LogP contribution in [0.3, 0.4) is 0 Å². The average Bonchev–Trinajstić information content (AvgIpc) is 2.85. The molecule has 0 aliphatic heterocycles. The first kappa shape index (κ1) is 14.4. The third-order valence-electron chi connectivity index (χ3n) is 2.66. The van der Waals surface area contributed by atoms with Crippen molar-refractivity contribution < 1.29 is 9.53 Å². The summed E-state index contributed by atoms with van der Waals surface area (Å²) in [6.45, 7) is 3.44. The number of halogens is 1. The number of aromatic nitrogens is 2. The molecule has 2 aromatic rings. The van der Waals surface area contributed by atoms with Gasteiger partial charge in [-0.05, 0) is 19.1 Å². The van der Waals surface area contributed by atoms with E-state index in [9.17, 15) is 4.79 Å². The van der Waals surface area contributed by atoms with Crippen LogP contribution in [0.5, 0.6) is 5.75 Å². The Morgan fingerprint density at radius 2 is 2.25 bits per heavy atom. The molecule has 1 heterocycles. The van der Waals surface area contributed by atoms with Crippen molar-refractivity contribution in [2.75, 3.05) is 13.2 Å². The van der Waals surface area contributed by atoms with Crippen LogP contribution in [0.25, 0.3) is 0 Å². The molecule has 0 unspecified atom stereocenters. The van der Waals surface area contributed by atoms with Crippen LogP contribution in [0.4, 0.5) is 0 Å². The van der Waals surface area contributed by atoms with Crippen molar-refractivity contribution in [2.24, 2.45) is 0 Å². The van der Waals surface area contributed by atoms with Crippen molar-refractivity contribution in [3.63, 3.8) is 0 Å². The second-order valence-corrected chi connectivity index (χ2v) is 4.54. The van der Waals surface area contributed by atoms with E-state index in [0.717, 1.165) is 0 Å². The Hall–Kier alpha value is -2.01. The number of ether oxygens (including phenoxy) is 1. The number of carbonyl (C=O) groups is 1. The summed E-state index contributed by atoms with van der Waals surface area (Å²) in [4.78, 5) is 12.1. The van der Waals surface area contributed by atoms with Gasteiger partial charge in [-0.3, -0.25) is 9.48 Å². The monoisotopic (exact) mass is 293 g/mol. The highest BCUT2D eigenvalue weighted by Crippen LogP contribution is 2.17. The van der Waals surface area contributed by atoms with Gasteiger partial charge in [0.25, 0.3) is 5.91 Å². The zero-order chi connectivity index (χ0) is 14.4. The molecular formula is C14H16ClN3O2. The first-order chi connectivity index (χ1) is 9.70. The van der Waals surface area contributed by atoms with Gasteiger partial charge in [0.1, 0.15) is 5.75 Å². The molecule has 0 bridgehead atoms. The van der Waals surface area contributed by atoms with E-state index in [1.54, 1.807) is 29.2 Å². The lowest BCUT2D eigenvalue weighted by Gasteiger charge is -2.10. The smallest absolute Gasteiger partial charge is 0.255 e. The Labute approximate surface area is 122 Å². The number of hydrogen-bond acceptors (Lipinski definition) is 3. The quantitative estimate of drug-likeness (QED) is 0.889. The van der Waals surface area contributed by atoms with Crippen molar-refractivity contribution >= 4 is 17.5 Å². The zero-order valence-corrected chi connectivity index (χ0v) is 11.9. The molecule has 1 aromatic heterocycles. The summed E-state index contributed by atoms with van der Waals surface area (Å²) in [5, 5.41) is 7.46. The largest absolute Gasteiger partial charge is 0.493 e. The van der Waals surface area contributed by atoms with Crippen molar-refractivity contribution in [1.82, 2.24) is 15.1 Å². The number of para-hydroxylation sites is 1. The summed E-state index contributed by atoms with van der Waals surface area (Å²) in [7, 11) is 0. The molecule has 5 nitrogen and oxygen atoms in total. The van der Waals surface area contributed by atoms with Crippen LogP contribution in [0.2, 0.25) is 5.02 Å². The van der Waals surface area contributed by atoms with E-state index in [1.165, 1.54) is 0 Å². The third-order valence-corrected chi connectivity index (χ3v) is 2.85. The number of nitrogens with zero attached hydrogens (tertiary/aromatic N) is 2. The van der Waals surface area contributed by atoms with Crippen molar-refractivity contribution in [2.45, 2.75) is 13.5 Å². The highest BCUT2D eigenvalue weighted by Gasteiger charge is 2.11. The van der Waals surface area contributed by atoms with Gasteiger partial charge in [0.2, 0.25) is 0 Å². The van der Waals surface area contributed by atoms with E-state index in [2.05, 4.69) is 10.4 Å². The minimum atomic E-state index is -0.160. The first-order valence-corrected chi connectivity index (χ1v) is 6.76. The van der Waals surface area contributed by atoms with E-state index in [0.29, 0.717) is 36.0 Å². The maximum Gasteiger partial charge on any atom is 0.255 e. The van der Waals surface area contributed by atoms with Crippen LogP contribution in [0, 0.1) is 0 Å². The number of nitrogens with one attached hydrogen (secondary N) is 1. The maximum absolute atomic E-state index is 12.1. The molecule has 1 amide bonds. The van der Waals surface area contributed by atoms with Gasteiger partial charge >= 0.3 is 0 Å². The van der Waals surface area contributed by atoms with Crippen LogP contribution >= 0.6 is 11.6 Å². The lowest BCUT2D eigenvalue weighted by Crippen LogP contribution is -2.27. The van der Waals surface area contributed by atoms with Crippen LogP contribution in [0.15, 0.2) is 36.7 Å². The van der Waals surface area contributed by atoms with Gasteiger partial charge in [-0.2, -0.15) is 5.10 Å². The van der Waals surface area contributed by atoms with E-state index in [1.807, 2.05) is 19.1 Å². The number of amides is 1. The number of benzene rings is 1. The van der Waals surface area contributed by atoms with Gasteiger partial charge in [0, 0.05) is 12.7 Å². The highest BCUT2D eigenvalue weighted by molar-refractivity contribution is 6.30. The van der Waals surface area contributed by atoms with Crippen molar-refractivity contribution in [3.8, 4) is 5.75 Å². The van der Waals surface area contributed by atoms with Crippen molar-refractivity contribution in [1.29, 1.82) is 0 Å². The molecule has 0 atom stereocenters. The topological polar surface area (TPSA) is 56.1 Å². The maximum atomic E-state index is 12.1. The molecule has 0 saturated heterocycles. The minimum Gasteiger partial charge on any atom is -0.493 e. The fourth-order valence-corrected chi connectivity index (χ4v) is 1.93. The normalized spacial score (nSPS) is 10.3. The fourth-order valence-electron chi connectivity index (χ4n) is 1.78. The van der Waals surface area contributed by atoms with E-state index in [4.69, 9.17) is 16.3 Å². The summed E-state index contributed by atoms with van der Waals surface area (Å²) in [6.07, 6.45) is 3.27. The molecule has 1 N–H and O–H groups in total. The Kier molecular flexibility index (Phi) is 5.01. The van der Waals surface area contributed by atoms with Gasteiger partial charge in [-0.1, -0.05) is 23.7 Å². The molecule has 20 heavy (non-hydrogen) atoms. The van der Waals surface area contributed by atoms with Gasteiger partial charge in [-0.25, -0.2) is 0 Å². The molecule has 0 aliphatic carbocycles. The summed E-state index contributed by atoms with van der Waals surface area (Å²) in [5.41, 5.74) is 0.535. The summed E-state index contributed by atoms with van der Waals surface area (Å²) in [5.74, 6) is 0.432. The number of rotatable bonds is 6. The molecule has 2 rings (SSSR count). The average molecular weight is 294 g/mol. The summed E-state index contributed by atoms with van der Waals surface area (Å²) >= 11 is 5.77. The lowest BCUT2D eigenvalue weighted by molar-refractivity contribution is 0.0948. The lowest BCUT2D eigenvalue weighted by atomic mass is 10.2. The molecule has 0 radical (unpaired) electrons. The predicted octanol–water partition coefficient (Wildman–Crippen LogP) is 2.37. The van der Waals surface area contributed by atoms with Gasteiger partial charge < -0.3 is 10.1 Å². The molecular weight excluding hydrogens is 278 g/mol. The predicted molar refractivity (Wildman–Crippen MR) is 77.2 cm³/mol. The summed E-state index contributed by atoms with van der Waals surface area (Å²) < 4.78 is 7.11. The highest BCUT2D eigenvalue weighted by atomic mass is 35.5. The van der Waals surface area contributed by atoms with Crippen LogP contribution in [-0.2, 0) is 6.54 Å². The molecule has 0 spiro atoms.